The van der Waals surface area contributed by atoms with Gasteiger partial charge in [-0.2, -0.15) is 9.90 Å². The summed E-state index contributed by atoms with van der Waals surface area (Å²) in [4.78, 5) is 0. The molecule has 0 saturated carbocycles. The lowest BCUT2D eigenvalue weighted by Crippen LogP contribution is -1.47. The summed E-state index contributed by atoms with van der Waals surface area (Å²) in [5.41, 5.74) is 0. The van der Waals surface area contributed by atoms with Crippen molar-refractivity contribution in [3.63, 3.8) is 0 Å². The molecule has 0 N–H and O–H groups in total. The van der Waals surface area contributed by atoms with Crippen molar-refractivity contribution in [2.45, 2.75) is 47.0 Å². The number of hydrogen-bond acceptors (Lipinski definition) is 0. The SMILES string of the molecule is CCC.CCCC.P. The first-order valence-electron chi connectivity index (χ1n) is 3.33. The third-order valence-corrected chi connectivity index (χ3v) is 0.500. The van der Waals surface area contributed by atoms with Crippen LogP contribution in [0, 0.1) is 0 Å². The largest absolute Gasteiger partial charge is 0.153 e. The van der Waals surface area contributed by atoms with Crippen LogP contribution in [-0.2, 0) is 0 Å². The Kier molecular flexibility index (Phi) is 51.5. The van der Waals surface area contributed by atoms with Crippen LogP contribution in [0.3, 0.4) is 0 Å². The molecule has 0 heterocycles. The summed E-state index contributed by atoms with van der Waals surface area (Å²) >= 11 is 0. The van der Waals surface area contributed by atoms with Crippen LogP contribution in [0.1, 0.15) is 47.0 Å². The van der Waals surface area contributed by atoms with E-state index in [1.54, 1.807) is 0 Å². The average molecular weight is 136 g/mol. The van der Waals surface area contributed by atoms with Crippen LogP contribution in [0.25, 0.3) is 0 Å². The minimum absolute atomic E-state index is 0. The molecule has 0 amide bonds. The lowest BCUT2D eigenvalue weighted by atomic mass is 10.4. The zero-order chi connectivity index (χ0) is 6.12. The molecule has 0 radical (unpaired) electrons. The van der Waals surface area contributed by atoms with Gasteiger partial charge in [0.2, 0.25) is 0 Å². The summed E-state index contributed by atoms with van der Waals surface area (Å²) in [5.74, 6) is 0. The zero-order valence-corrected chi connectivity index (χ0v) is 8.24. The van der Waals surface area contributed by atoms with E-state index >= 15 is 0 Å². The van der Waals surface area contributed by atoms with Crippen LogP contribution in [0.5, 0.6) is 0 Å². The summed E-state index contributed by atoms with van der Waals surface area (Å²) in [7, 11) is 0. The van der Waals surface area contributed by atoms with Gasteiger partial charge in [0, 0.05) is 0 Å². The Balaban J connectivity index is -0.0000000575. The van der Waals surface area contributed by atoms with E-state index in [-0.39, 0.29) is 9.90 Å². The van der Waals surface area contributed by atoms with Crippen LogP contribution in [-0.4, -0.2) is 0 Å². The van der Waals surface area contributed by atoms with Crippen molar-refractivity contribution >= 4 is 9.90 Å². The number of rotatable bonds is 1. The molecule has 1 unspecified atom stereocenters. The molecule has 0 aromatic heterocycles. The quantitative estimate of drug-likeness (QED) is 0.485. The van der Waals surface area contributed by atoms with Crippen molar-refractivity contribution < 1.29 is 0 Å². The molecule has 0 aromatic rings. The van der Waals surface area contributed by atoms with Gasteiger partial charge in [-0.3, -0.25) is 0 Å². The Morgan fingerprint density at radius 3 is 0.875 bits per heavy atom. The molecule has 0 bridgehead atoms. The molecule has 1 heteroatoms. The summed E-state index contributed by atoms with van der Waals surface area (Å²) in [5, 5.41) is 0. The molecule has 0 nitrogen and oxygen atoms in total. The summed E-state index contributed by atoms with van der Waals surface area (Å²) in [6.07, 6.45) is 3.89. The Bertz CT molecular complexity index is 11.9. The maximum atomic E-state index is 2.18. The fourth-order valence-corrected chi connectivity index (χ4v) is 0. The van der Waals surface area contributed by atoms with Crippen molar-refractivity contribution in [3.8, 4) is 0 Å². The minimum atomic E-state index is 0. The van der Waals surface area contributed by atoms with Crippen LogP contribution in [0.15, 0.2) is 0 Å². The monoisotopic (exact) mass is 136 g/mol. The molecule has 8 heavy (non-hydrogen) atoms. The van der Waals surface area contributed by atoms with E-state index in [4.69, 9.17) is 0 Å². The molecular formula is C7H21P. The smallest absolute Gasteiger partial charge is 0.0564 e. The number of unbranched alkanes of at least 4 members (excludes halogenated alkanes) is 1. The molecule has 0 aliphatic carbocycles. The van der Waals surface area contributed by atoms with Crippen molar-refractivity contribution in [2.75, 3.05) is 0 Å². The van der Waals surface area contributed by atoms with Gasteiger partial charge in [-0.1, -0.05) is 47.0 Å². The third-order valence-electron chi connectivity index (χ3n) is 0.500. The van der Waals surface area contributed by atoms with Crippen molar-refractivity contribution in [1.29, 1.82) is 0 Å². The number of hydrogen-bond donors (Lipinski definition) is 0. The van der Waals surface area contributed by atoms with E-state index in [1.165, 1.54) is 19.3 Å². The van der Waals surface area contributed by atoms with Crippen molar-refractivity contribution in [2.24, 2.45) is 0 Å². The average Bonchev–Trinajstić information content (AvgIpc) is 1.69. The fraction of sp³-hybridized carbons (Fsp3) is 1.00. The molecule has 0 aromatic carbocycles. The normalized spacial score (nSPS) is 6.00. The second-order valence-electron chi connectivity index (χ2n) is 1.71. The van der Waals surface area contributed by atoms with Crippen molar-refractivity contribution in [1.82, 2.24) is 0 Å². The first kappa shape index (κ1) is 15.8. The maximum absolute atomic E-state index is 2.18. The molecule has 0 rings (SSSR count). The Morgan fingerprint density at radius 1 is 0.750 bits per heavy atom. The lowest BCUT2D eigenvalue weighted by molar-refractivity contribution is 0.886. The third kappa shape index (κ3) is 92.7. The van der Waals surface area contributed by atoms with Gasteiger partial charge in [0.1, 0.15) is 0 Å². The second kappa shape index (κ2) is 26.1. The van der Waals surface area contributed by atoms with Crippen LogP contribution in [0.4, 0.5) is 0 Å². The van der Waals surface area contributed by atoms with Gasteiger partial charge in [-0.15, -0.1) is 0 Å². The summed E-state index contributed by atoms with van der Waals surface area (Å²) in [6.45, 7) is 8.61. The summed E-state index contributed by atoms with van der Waals surface area (Å²) in [6, 6.07) is 0. The second-order valence-corrected chi connectivity index (χ2v) is 1.71. The predicted molar refractivity (Wildman–Crippen MR) is 47.7 cm³/mol. The molecule has 0 fully saturated rings. The zero-order valence-electron chi connectivity index (χ0n) is 6.83. The van der Waals surface area contributed by atoms with Gasteiger partial charge in [0.15, 0.2) is 0 Å². The first-order valence-corrected chi connectivity index (χ1v) is 3.33. The van der Waals surface area contributed by atoms with Crippen LogP contribution < -0.4 is 0 Å². The van der Waals surface area contributed by atoms with Gasteiger partial charge >= 0.3 is 0 Å². The highest BCUT2D eigenvalue weighted by molar-refractivity contribution is 6.92. The van der Waals surface area contributed by atoms with E-state index < -0.39 is 0 Å². The van der Waals surface area contributed by atoms with Gasteiger partial charge < -0.3 is 0 Å². The standard InChI is InChI=1S/C4H10.C3H8.H3P/c1-3-4-2;1-3-2;/h3-4H2,1-2H3;3H2,1-2H3;1H3. The molecule has 0 aliphatic rings. The summed E-state index contributed by atoms with van der Waals surface area (Å²) < 4.78 is 0. The Labute approximate surface area is 57.7 Å². The molecule has 54 valence electrons. The van der Waals surface area contributed by atoms with Gasteiger partial charge in [0.25, 0.3) is 0 Å². The highest BCUT2D eigenvalue weighted by atomic mass is 31.0. The topological polar surface area (TPSA) is 0 Å². The van der Waals surface area contributed by atoms with Gasteiger partial charge in [-0.05, 0) is 0 Å². The minimum Gasteiger partial charge on any atom is -0.153 e. The van der Waals surface area contributed by atoms with Gasteiger partial charge in [-0.25, -0.2) is 0 Å². The van der Waals surface area contributed by atoms with E-state index in [0.717, 1.165) is 0 Å². The van der Waals surface area contributed by atoms with Gasteiger partial charge in [0.05, 0.1) is 0 Å². The van der Waals surface area contributed by atoms with E-state index in [1.807, 2.05) is 0 Å². The lowest BCUT2D eigenvalue weighted by Gasteiger charge is -1.68. The molecule has 1 atom stereocenters. The fourth-order valence-electron chi connectivity index (χ4n) is 0. The molecular weight excluding hydrogens is 115 g/mol. The highest BCUT2D eigenvalue weighted by Gasteiger charge is 1.56. The first-order chi connectivity index (χ1) is 3.33. The van der Waals surface area contributed by atoms with E-state index in [2.05, 4.69) is 27.7 Å². The predicted octanol–water partition coefficient (Wildman–Crippen LogP) is 3.28. The van der Waals surface area contributed by atoms with E-state index in [0.29, 0.717) is 0 Å². The molecule has 0 aliphatic heterocycles. The molecule has 0 spiro atoms. The van der Waals surface area contributed by atoms with Crippen LogP contribution >= 0.6 is 9.90 Å². The molecule has 0 saturated heterocycles. The Hall–Kier alpha value is 0.430. The van der Waals surface area contributed by atoms with Crippen molar-refractivity contribution in [3.05, 3.63) is 0 Å². The Morgan fingerprint density at radius 2 is 0.875 bits per heavy atom. The highest BCUT2D eigenvalue weighted by Crippen LogP contribution is 1.76. The van der Waals surface area contributed by atoms with Crippen LogP contribution in [0.2, 0.25) is 0 Å². The maximum Gasteiger partial charge on any atom is -0.0564 e. The van der Waals surface area contributed by atoms with E-state index in [9.17, 15) is 0 Å².